The molecule has 1 saturated heterocycles. The van der Waals surface area contributed by atoms with E-state index in [2.05, 4.69) is 5.10 Å². The van der Waals surface area contributed by atoms with Crippen LogP contribution in [0.25, 0.3) is 0 Å². The molecule has 5 aromatic rings. The van der Waals surface area contributed by atoms with Crippen LogP contribution in [0.15, 0.2) is 115 Å². The van der Waals surface area contributed by atoms with Crippen molar-refractivity contribution < 1.29 is 46.0 Å². The highest BCUT2D eigenvalue weighted by Gasteiger charge is 2.44. The van der Waals surface area contributed by atoms with Crippen molar-refractivity contribution in [2.24, 2.45) is 0 Å². The number of carbonyl (C=O) groups excluding carboxylic acids is 1. The summed E-state index contributed by atoms with van der Waals surface area (Å²) in [6, 6.07) is 32.6. The number of ether oxygens (including phenoxy) is 5. The van der Waals surface area contributed by atoms with E-state index < -0.39 is 49.1 Å². The van der Waals surface area contributed by atoms with Gasteiger partial charge >= 0.3 is 12.1 Å². The predicted octanol–water partition coefficient (Wildman–Crippen LogP) is 7.82. The molecule has 4 aromatic carbocycles. The summed E-state index contributed by atoms with van der Waals surface area (Å²) in [6.45, 7) is -0.621. The fraction of sp³-hybridized carbons (Fsp3) is 0.282. The summed E-state index contributed by atoms with van der Waals surface area (Å²) < 4.78 is 90.3. The number of benzene rings is 4. The summed E-state index contributed by atoms with van der Waals surface area (Å²) in [5.41, 5.74) is 0.993. The average molecular weight is 705 g/mol. The molecule has 266 valence electrons. The van der Waals surface area contributed by atoms with Crippen LogP contribution < -0.4 is 9.47 Å². The highest BCUT2D eigenvalue weighted by molar-refractivity contribution is 5.89. The van der Waals surface area contributed by atoms with Crippen molar-refractivity contribution in [2.75, 3.05) is 13.7 Å². The van der Waals surface area contributed by atoms with Crippen molar-refractivity contribution in [2.45, 2.75) is 56.8 Å². The Bertz CT molecular complexity index is 1850. The summed E-state index contributed by atoms with van der Waals surface area (Å²) in [7, 11) is 1.50. The third-order valence-electron chi connectivity index (χ3n) is 8.40. The first-order valence-corrected chi connectivity index (χ1v) is 16.4. The third kappa shape index (κ3) is 9.13. The second-order valence-corrected chi connectivity index (χ2v) is 12.0. The number of alkyl halides is 4. The van der Waals surface area contributed by atoms with E-state index in [-0.39, 0.29) is 43.0 Å². The maximum Gasteiger partial charge on any atom is 0.433 e. The van der Waals surface area contributed by atoms with Crippen molar-refractivity contribution in [3.8, 4) is 11.6 Å². The number of esters is 1. The molecule has 0 radical (unpaired) electrons. The molecule has 0 N–H and O–H groups in total. The fourth-order valence-corrected chi connectivity index (χ4v) is 5.84. The number of hydrogen-bond acceptors (Lipinski definition) is 7. The van der Waals surface area contributed by atoms with E-state index in [1.807, 2.05) is 30.3 Å². The van der Waals surface area contributed by atoms with Crippen LogP contribution in [0.2, 0.25) is 0 Å². The van der Waals surface area contributed by atoms with Gasteiger partial charge in [-0.2, -0.15) is 13.2 Å². The van der Waals surface area contributed by atoms with Crippen molar-refractivity contribution >= 4 is 5.97 Å². The molecule has 51 heavy (non-hydrogen) atoms. The number of carbonyl (C=O) groups is 1. The Morgan fingerprint density at radius 1 is 0.863 bits per heavy atom. The predicted molar refractivity (Wildman–Crippen MR) is 179 cm³/mol. The third-order valence-corrected chi connectivity index (χ3v) is 8.40. The molecule has 4 unspecified atom stereocenters. The van der Waals surface area contributed by atoms with E-state index in [9.17, 15) is 18.0 Å². The van der Waals surface area contributed by atoms with Crippen molar-refractivity contribution in [3.63, 3.8) is 0 Å². The molecule has 0 bridgehead atoms. The number of aromatic nitrogens is 2. The lowest BCUT2D eigenvalue weighted by Crippen LogP contribution is -2.51. The Kier molecular flexibility index (Phi) is 11.3. The minimum atomic E-state index is -4.81. The summed E-state index contributed by atoms with van der Waals surface area (Å²) in [5.74, 6) is -0.464. The second-order valence-electron chi connectivity index (χ2n) is 12.0. The van der Waals surface area contributed by atoms with Gasteiger partial charge in [0.2, 0.25) is 12.2 Å². The zero-order chi connectivity index (χ0) is 35.8. The number of hydrogen-bond donors (Lipinski definition) is 0. The molecule has 12 heteroatoms. The number of nitrogens with zero attached hydrogens (tertiary/aromatic N) is 2. The summed E-state index contributed by atoms with van der Waals surface area (Å²) in [6.07, 6.45) is -10.7. The molecular weight excluding hydrogens is 668 g/mol. The van der Waals surface area contributed by atoms with Gasteiger partial charge in [-0.3, -0.25) is 4.68 Å². The van der Waals surface area contributed by atoms with Crippen LogP contribution in [0.3, 0.4) is 0 Å². The molecule has 0 amide bonds. The van der Waals surface area contributed by atoms with Crippen LogP contribution in [-0.2, 0) is 40.0 Å². The topological polar surface area (TPSA) is 81.0 Å². The Labute approximate surface area is 292 Å². The summed E-state index contributed by atoms with van der Waals surface area (Å²) in [5, 5.41) is 4.32. The number of methoxy groups -OCH3 is 1. The Morgan fingerprint density at radius 2 is 1.49 bits per heavy atom. The van der Waals surface area contributed by atoms with Crippen LogP contribution in [0.5, 0.6) is 11.6 Å². The molecule has 4 atom stereocenters. The van der Waals surface area contributed by atoms with Gasteiger partial charge in [-0.1, -0.05) is 91.0 Å². The molecule has 6 rings (SSSR count). The van der Waals surface area contributed by atoms with E-state index in [1.165, 1.54) is 7.11 Å². The monoisotopic (exact) mass is 704 g/mol. The highest BCUT2D eigenvalue weighted by atomic mass is 19.4. The minimum Gasteiger partial charge on any atom is -0.497 e. The quantitative estimate of drug-likeness (QED) is 0.0914. The van der Waals surface area contributed by atoms with E-state index in [4.69, 9.17) is 23.7 Å². The van der Waals surface area contributed by atoms with Gasteiger partial charge in [0.05, 0.1) is 37.5 Å². The normalized spacial score (nSPS) is 19.0. The van der Waals surface area contributed by atoms with E-state index in [0.717, 1.165) is 10.2 Å². The van der Waals surface area contributed by atoms with E-state index >= 15 is 4.39 Å². The van der Waals surface area contributed by atoms with E-state index in [0.29, 0.717) is 16.9 Å². The first-order chi connectivity index (χ1) is 24.7. The smallest absolute Gasteiger partial charge is 0.433 e. The molecule has 1 aliphatic rings. The summed E-state index contributed by atoms with van der Waals surface area (Å²) >= 11 is 0. The van der Waals surface area contributed by atoms with Crippen LogP contribution in [0.4, 0.5) is 17.6 Å². The van der Waals surface area contributed by atoms with E-state index in [1.54, 1.807) is 84.9 Å². The molecule has 0 spiro atoms. The highest BCUT2D eigenvalue weighted by Crippen LogP contribution is 2.39. The SMILES string of the molecule is COc1ccc(Cc2c(OC3CC(OCc4ccccc4)C(F)C(COC(=O)c4ccccc4)O3)nn(Cc3ccccc3)c2C(F)(F)F)cc1. The van der Waals surface area contributed by atoms with Gasteiger partial charge in [0, 0.05) is 12.8 Å². The first kappa shape index (κ1) is 35.6. The molecule has 8 nitrogen and oxygen atoms in total. The molecule has 2 heterocycles. The zero-order valence-corrected chi connectivity index (χ0v) is 27.7. The fourth-order valence-electron chi connectivity index (χ4n) is 5.84. The van der Waals surface area contributed by atoms with Crippen molar-refractivity contribution in [3.05, 3.63) is 149 Å². The van der Waals surface area contributed by atoms with Gasteiger partial charge in [-0.05, 0) is 41.0 Å². The van der Waals surface area contributed by atoms with Gasteiger partial charge in [0.15, 0.2) is 6.17 Å². The van der Waals surface area contributed by atoms with Gasteiger partial charge in [0.1, 0.15) is 24.2 Å². The maximum absolute atomic E-state index is 16.0. The molecule has 0 aliphatic carbocycles. The second kappa shape index (κ2) is 16.2. The lowest BCUT2D eigenvalue weighted by Gasteiger charge is -2.37. The van der Waals surface area contributed by atoms with Crippen LogP contribution in [0.1, 0.15) is 44.7 Å². The summed E-state index contributed by atoms with van der Waals surface area (Å²) in [4.78, 5) is 12.7. The molecule has 1 aliphatic heterocycles. The Balaban J connectivity index is 1.31. The zero-order valence-electron chi connectivity index (χ0n) is 27.7. The van der Waals surface area contributed by atoms with Crippen molar-refractivity contribution in [1.82, 2.24) is 9.78 Å². The van der Waals surface area contributed by atoms with Crippen LogP contribution >= 0.6 is 0 Å². The van der Waals surface area contributed by atoms with Crippen LogP contribution in [0, 0.1) is 0 Å². The van der Waals surface area contributed by atoms with Gasteiger partial charge in [0.25, 0.3) is 0 Å². The lowest BCUT2D eigenvalue weighted by molar-refractivity contribution is -0.226. The van der Waals surface area contributed by atoms with Crippen molar-refractivity contribution in [1.29, 1.82) is 0 Å². The molecular formula is C39H36F4N2O6. The largest absolute Gasteiger partial charge is 0.497 e. The Morgan fingerprint density at radius 3 is 2.12 bits per heavy atom. The molecule has 1 fully saturated rings. The van der Waals surface area contributed by atoms with Gasteiger partial charge in [-0.25, -0.2) is 9.18 Å². The standard InChI is InChI=1S/C39H36F4N2O6/c1-47-30-19-17-26(18-20-30)21-31-36(39(41,42)43)45(23-27-11-5-2-6-12-27)44-37(31)51-34-22-32(48-24-28-13-7-3-8-14-28)35(40)33(50-34)25-49-38(46)29-15-9-4-10-16-29/h2-20,32-35H,21-25H2,1H3. The first-order valence-electron chi connectivity index (χ1n) is 16.4. The molecule has 1 aromatic heterocycles. The average Bonchev–Trinajstić information content (AvgIpc) is 3.48. The van der Waals surface area contributed by atoms with Crippen LogP contribution in [-0.4, -0.2) is 54.1 Å². The maximum atomic E-state index is 16.0. The minimum absolute atomic E-state index is 0.0574. The van der Waals surface area contributed by atoms with Gasteiger partial charge in [-0.15, -0.1) is 5.10 Å². The van der Waals surface area contributed by atoms with Gasteiger partial charge < -0.3 is 23.7 Å². The Hall–Kier alpha value is -5.20. The molecule has 0 saturated carbocycles. The lowest BCUT2D eigenvalue weighted by atomic mass is 10.0. The number of halogens is 4. The number of rotatable bonds is 13.